The van der Waals surface area contributed by atoms with Gasteiger partial charge >= 0.3 is 5.69 Å². The van der Waals surface area contributed by atoms with E-state index in [0.717, 1.165) is 18.1 Å². The second-order valence-electron chi connectivity index (χ2n) is 11.5. The van der Waals surface area contributed by atoms with Crippen LogP contribution < -0.4 is 15.7 Å². The van der Waals surface area contributed by atoms with Crippen LogP contribution in [0.4, 0.5) is 5.82 Å². The Balaban J connectivity index is 1.29. The van der Waals surface area contributed by atoms with E-state index >= 15 is 0 Å². The van der Waals surface area contributed by atoms with Crippen LogP contribution in [0.1, 0.15) is 81.2 Å². The van der Waals surface area contributed by atoms with E-state index in [-0.39, 0.29) is 19.1 Å². The van der Waals surface area contributed by atoms with Crippen molar-refractivity contribution in [1.82, 2.24) is 9.55 Å². The van der Waals surface area contributed by atoms with Gasteiger partial charge in [-0.25, -0.2) is 4.79 Å². The number of hydrogen-bond donors (Lipinski definition) is 3. The molecule has 1 aromatic carbocycles. The molecule has 36 heavy (non-hydrogen) atoms. The number of hydrogen-bond acceptors (Lipinski definition) is 7. The minimum atomic E-state index is -0.803. The van der Waals surface area contributed by atoms with Crippen LogP contribution in [-0.2, 0) is 4.74 Å². The third kappa shape index (κ3) is 3.94. The van der Waals surface area contributed by atoms with Crippen molar-refractivity contribution in [2.45, 2.75) is 82.3 Å². The smallest absolute Gasteiger partial charge is 0.351 e. The van der Waals surface area contributed by atoms with Gasteiger partial charge in [0, 0.05) is 12.6 Å². The first-order chi connectivity index (χ1) is 17.4. The fraction of sp³-hybridized carbons (Fsp3) is 0.643. The normalized spacial score (nSPS) is 37.2. The van der Waals surface area contributed by atoms with Gasteiger partial charge in [-0.15, -0.1) is 0 Å². The van der Waals surface area contributed by atoms with E-state index in [1.54, 1.807) is 19.4 Å². The molecule has 0 amide bonds. The Morgan fingerprint density at radius 3 is 2.83 bits per heavy atom. The van der Waals surface area contributed by atoms with Crippen molar-refractivity contribution >= 4 is 5.82 Å². The maximum Gasteiger partial charge on any atom is 0.351 e. The van der Waals surface area contributed by atoms with E-state index in [0.29, 0.717) is 23.1 Å². The molecule has 4 aliphatic rings. The number of methoxy groups -OCH3 is 1. The Labute approximate surface area is 211 Å². The number of aromatic nitrogens is 2. The topological polar surface area (TPSA) is 106 Å². The molecule has 2 saturated carbocycles. The van der Waals surface area contributed by atoms with Crippen LogP contribution in [0.15, 0.2) is 35.3 Å². The molecule has 0 spiro atoms. The van der Waals surface area contributed by atoms with Gasteiger partial charge in [-0.05, 0) is 84.6 Å². The molecule has 1 aliphatic heterocycles. The summed E-state index contributed by atoms with van der Waals surface area (Å²) in [4.78, 5) is 17.2. The van der Waals surface area contributed by atoms with Crippen LogP contribution in [0.25, 0.3) is 0 Å². The van der Waals surface area contributed by atoms with E-state index in [9.17, 15) is 15.0 Å². The van der Waals surface area contributed by atoms with Crippen molar-refractivity contribution in [3.63, 3.8) is 0 Å². The number of rotatable bonds is 5. The highest BCUT2D eigenvalue weighted by Gasteiger charge is 2.51. The molecule has 8 heteroatoms. The Hall–Kier alpha value is -2.42. The lowest BCUT2D eigenvalue weighted by Gasteiger charge is -2.51. The summed E-state index contributed by atoms with van der Waals surface area (Å²) in [7, 11) is 1.70. The van der Waals surface area contributed by atoms with Crippen molar-refractivity contribution in [3.05, 3.63) is 52.1 Å². The molecule has 3 fully saturated rings. The summed E-state index contributed by atoms with van der Waals surface area (Å²) in [5, 5.41) is 23.0. The van der Waals surface area contributed by atoms with Crippen LogP contribution >= 0.6 is 0 Å². The van der Waals surface area contributed by atoms with Crippen molar-refractivity contribution in [3.8, 4) is 5.75 Å². The Morgan fingerprint density at radius 1 is 1.22 bits per heavy atom. The van der Waals surface area contributed by atoms with Gasteiger partial charge in [-0.2, -0.15) is 4.98 Å². The van der Waals surface area contributed by atoms with Crippen LogP contribution in [0.3, 0.4) is 0 Å². The molecule has 0 unspecified atom stereocenters. The zero-order chi connectivity index (χ0) is 25.0. The molecule has 0 radical (unpaired) electrons. The molecule has 3 N–H and O–H groups in total. The largest absolute Gasteiger partial charge is 0.497 e. The number of anilines is 1. The van der Waals surface area contributed by atoms with Gasteiger partial charge in [0.15, 0.2) is 0 Å². The molecule has 8 nitrogen and oxygen atoms in total. The van der Waals surface area contributed by atoms with Crippen molar-refractivity contribution in [2.24, 2.45) is 17.3 Å². The van der Waals surface area contributed by atoms with E-state index in [4.69, 9.17) is 9.47 Å². The molecule has 6 rings (SSSR count). The fourth-order valence-corrected chi connectivity index (χ4v) is 7.79. The Bertz CT molecular complexity index is 1180. The number of fused-ring (bicyclic) bond motifs is 5. The van der Waals surface area contributed by atoms with E-state index in [2.05, 4.69) is 35.4 Å². The summed E-state index contributed by atoms with van der Waals surface area (Å²) >= 11 is 0. The maximum atomic E-state index is 12.9. The summed E-state index contributed by atoms with van der Waals surface area (Å²) < 4.78 is 12.6. The molecular weight excluding hydrogens is 458 g/mol. The minimum absolute atomic E-state index is 0.0466. The molecule has 8 atom stereocenters. The van der Waals surface area contributed by atoms with Gasteiger partial charge in [-0.1, -0.05) is 19.4 Å². The molecule has 0 bridgehead atoms. The van der Waals surface area contributed by atoms with E-state index in [1.165, 1.54) is 47.8 Å². The first-order valence-electron chi connectivity index (χ1n) is 13.4. The third-order valence-corrected chi connectivity index (χ3v) is 9.64. The van der Waals surface area contributed by atoms with Crippen LogP contribution in [0.2, 0.25) is 0 Å². The second kappa shape index (κ2) is 9.15. The van der Waals surface area contributed by atoms with E-state index < -0.39 is 24.1 Å². The van der Waals surface area contributed by atoms with Gasteiger partial charge < -0.3 is 25.0 Å². The number of aliphatic hydroxyl groups is 2. The standard InChI is InChI=1S/C28H37N3O5/c1-28-9-3-4-21(28)19-13-22(20-12-16(35-2)5-6-17(20)18(19)7-10-28)29-25-8-11-31(27(34)30-25)26-14-23(33)24(15-32)36-26/h5-6,8,11-12,18-19,21-24,26,32-33H,3-4,7,9-10,13-15H2,1-2H3,(H,29,30,34)/t18-,19-,21+,22-,23+,24-,26-,28+/m1/s1. The highest BCUT2D eigenvalue weighted by Crippen LogP contribution is 2.62. The Morgan fingerprint density at radius 2 is 2.08 bits per heavy atom. The third-order valence-electron chi connectivity index (χ3n) is 9.64. The summed E-state index contributed by atoms with van der Waals surface area (Å²) in [5.74, 6) is 3.32. The lowest BCUT2D eigenvalue weighted by molar-refractivity contribution is -0.0458. The summed E-state index contributed by atoms with van der Waals surface area (Å²) in [5.41, 5.74) is 2.68. The van der Waals surface area contributed by atoms with Gasteiger partial charge in [0.25, 0.3) is 0 Å². The number of nitrogens with one attached hydrogen (secondary N) is 1. The lowest BCUT2D eigenvalue weighted by atomic mass is 9.55. The molecule has 194 valence electrons. The molecule has 3 aliphatic carbocycles. The number of benzene rings is 1. The molecule has 2 aromatic rings. The zero-order valence-electron chi connectivity index (χ0n) is 21.1. The predicted octanol–water partition coefficient (Wildman–Crippen LogP) is 3.75. The second-order valence-corrected chi connectivity index (χ2v) is 11.5. The van der Waals surface area contributed by atoms with Crippen molar-refractivity contribution in [2.75, 3.05) is 19.0 Å². The zero-order valence-corrected chi connectivity index (χ0v) is 21.1. The van der Waals surface area contributed by atoms with Gasteiger partial charge in [0.05, 0.1) is 25.9 Å². The number of nitrogens with zero attached hydrogens (tertiary/aromatic N) is 2. The lowest BCUT2D eigenvalue weighted by Crippen LogP contribution is -2.41. The van der Waals surface area contributed by atoms with Crippen LogP contribution in [0.5, 0.6) is 5.75 Å². The molecule has 1 saturated heterocycles. The monoisotopic (exact) mass is 495 g/mol. The maximum absolute atomic E-state index is 12.9. The average molecular weight is 496 g/mol. The highest BCUT2D eigenvalue weighted by atomic mass is 16.5. The first kappa shape index (κ1) is 23.9. The summed E-state index contributed by atoms with van der Waals surface area (Å²) in [6.45, 7) is 2.21. The minimum Gasteiger partial charge on any atom is -0.497 e. The predicted molar refractivity (Wildman–Crippen MR) is 135 cm³/mol. The Kier molecular flexibility index (Phi) is 6.09. The molecule has 2 heterocycles. The fourth-order valence-electron chi connectivity index (χ4n) is 7.79. The van der Waals surface area contributed by atoms with Gasteiger partial charge in [0.2, 0.25) is 0 Å². The van der Waals surface area contributed by atoms with Gasteiger partial charge in [-0.3, -0.25) is 4.57 Å². The van der Waals surface area contributed by atoms with Crippen molar-refractivity contribution in [1.29, 1.82) is 0 Å². The van der Waals surface area contributed by atoms with E-state index in [1.807, 2.05) is 0 Å². The molecular formula is C28H37N3O5. The summed E-state index contributed by atoms with van der Waals surface area (Å²) in [6, 6.07) is 8.33. The summed E-state index contributed by atoms with van der Waals surface area (Å²) in [6.07, 6.45) is 7.33. The molecule has 1 aromatic heterocycles. The number of ether oxygens (including phenoxy) is 2. The SMILES string of the molecule is COc1ccc2c(c1)[C@H](Nc1ccn([C@H]3C[C@H](O)[C@@H](CO)O3)c(=O)n1)C[C@@H]1[C@@H]2CC[C@]2(C)CCC[C@@H]12. The first-order valence-corrected chi connectivity index (χ1v) is 13.4. The van der Waals surface area contributed by atoms with Crippen LogP contribution in [-0.4, -0.2) is 45.7 Å². The highest BCUT2D eigenvalue weighted by molar-refractivity contribution is 5.47. The quantitative estimate of drug-likeness (QED) is 0.580. The van der Waals surface area contributed by atoms with Gasteiger partial charge in [0.1, 0.15) is 23.9 Å². The van der Waals surface area contributed by atoms with Crippen LogP contribution in [0, 0.1) is 17.3 Å². The van der Waals surface area contributed by atoms with Crippen molar-refractivity contribution < 1.29 is 19.7 Å². The average Bonchev–Trinajstić information content (AvgIpc) is 3.46. The number of aliphatic hydroxyl groups excluding tert-OH is 2.